The van der Waals surface area contributed by atoms with Crippen molar-refractivity contribution in [3.63, 3.8) is 0 Å². The number of nitrogens with two attached hydrogens (primary N) is 3. The predicted octanol–water partition coefficient (Wildman–Crippen LogP) is -8.88. The van der Waals surface area contributed by atoms with Crippen LogP contribution in [0.4, 0.5) is 0 Å². The zero-order valence-electron chi connectivity index (χ0n) is 39.2. The molecule has 2 fully saturated rings. The second-order valence-corrected chi connectivity index (χ2v) is 16.7. The van der Waals surface area contributed by atoms with Crippen LogP contribution in [-0.4, -0.2) is 207 Å². The second kappa shape index (κ2) is 28.8. The molecule has 0 aromatic rings. The summed E-state index contributed by atoms with van der Waals surface area (Å²) < 4.78 is 23.2. The summed E-state index contributed by atoms with van der Waals surface area (Å²) in [5, 5.41) is 78.1. The van der Waals surface area contributed by atoms with Crippen LogP contribution in [0, 0.1) is 0 Å². The van der Waals surface area contributed by atoms with Crippen LogP contribution in [0.5, 0.6) is 0 Å². The van der Waals surface area contributed by atoms with E-state index in [0.717, 1.165) is 13.8 Å². The number of unbranched alkanes of at least 4 members (excludes halogenated alkanes) is 1. The van der Waals surface area contributed by atoms with E-state index in [2.05, 4.69) is 37.2 Å². The van der Waals surface area contributed by atoms with Crippen molar-refractivity contribution in [2.45, 2.75) is 171 Å². The molecule has 2 rings (SSSR count). The van der Waals surface area contributed by atoms with Crippen LogP contribution in [0.25, 0.3) is 0 Å². The monoisotopic (exact) mass is 1010 g/mol. The quantitative estimate of drug-likeness (QED) is 0.0324. The first-order valence-electron chi connectivity index (χ1n) is 22.2. The SMILES string of the molecule is CC(=O)NC1C(OC2C(CO)OC(O)C(NC(C)=O)C2OC(C)C(=O)NC(C)C(=O)NC(CCC(=O)NC(CCCCNC(=O)CC(N)C(N)=O)C(=O)NC(C)C(=O)O)C(N)=O)OC(CO)C(O)C1O. The molecular formula is C40H68N10O20. The number of aliphatic carboxylic acids is 1. The summed E-state index contributed by atoms with van der Waals surface area (Å²) in [6.45, 7) is 4.13. The van der Waals surface area contributed by atoms with E-state index in [-0.39, 0.29) is 32.2 Å². The fourth-order valence-electron chi connectivity index (χ4n) is 7.06. The molecule has 0 aromatic heterocycles. The molecule has 9 amide bonds. The summed E-state index contributed by atoms with van der Waals surface area (Å²) in [5.74, 6) is -8.97. The molecule has 0 aromatic carbocycles. The number of carbonyl (C=O) groups is 10. The van der Waals surface area contributed by atoms with Gasteiger partial charge in [-0.1, -0.05) is 0 Å². The maximum Gasteiger partial charge on any atom is 0.325 e. The molecule has 70 heavy (non-hydrogen) atoms. The largest absolute Gasteiger partial charge is 0.480 e. The summed E-state index contributed by atoms with van der Waals surface area (Å²) in [5.41, 5.74) is 16.0. The normalized spacial score (nSPS) is 26.8. The molecule has 19 N–H and O–H groups in total. The van der Waals surface area contributed by atoms with Crippen molar-refractivity contribution >= 4 is 59.1 Å². The molecule has 16 atom stereocenters. The first-order chi connectivity index (χ1) is 32.7. The molecule has 2 saturated heterocycles. The highest BCUT2D eigenvalue weighted by Crippen LogP contribution is 2.31. The summed E-state index contributed by atoms with van der Waals surface area (Å²) in [4.78, 5) is 124. The number of carbonyl (C=O) groups excluding carboxylic acids is 9. The minimum Gasteiger partial charge on any atom is -0.480 e. The van der Waals surface area contributed by atoms with Gasteiger partial charge in [-0.3, -0.25) is 47.9 Å². The molecule has 0 spiro atoms. The van der Waals surface area contributed by atoms with Crippen LogP contribution >= 0.6 is 0 Å². The second-order valence-electron chi connectivity index (χ2n) is 16.7. The van der Waals surface area contributed by atoms with Gasteiger partial charge in [0.1, 0.15) is 79.0 Å². The van der Waals surface area contributed by atoms with E-state index in [1.807, 2.05) is 0 Å². The van der Waals surface area contributed by atoms with Gasteiger partial charge >= 0.3 is 5.97 Å². The highest BCUT2D eigenvalue weighted by Gasteiger charge is 2.53. The van der Waals surface area contributed by atoms with Crippen molar-refractivity contribution in [2.75, 3.05) is 19.8 Å². The molecule has 0 aliphatic carbocycles. The summed E-state index contributed by atoms with van der Waals surface area (Å²) in [6.07, 6.45) is -15.7. The Morgan fingerprint density at radius 2 is 1.26 bits per heavy atom. The number of aliphatic hydroxyl groups is 5. The van der Waals surface area contributed by atoms with E-state index >= 15 is 0 Å². The molecule has 2 heterocycles. The van der Waals surface area contributed by atoms with Crippen molar-refractivity contribution in [1.29, 1.82) is 0 Å². The van der Waals surface area contributed by atoms with Crippen molar-refractivity contribution < 1.29 is 97.5 Å². The van der Waals surface area contributed by atoms with Crippen molar-refractivity contribution in [1.82, 2.24) is 37.2 Å². The van der Waals surface area contributed by atoms with Crippen molar-refractivity contribution in [3.05, 3.63) is 0 Å². The minimum atomic E-state index is -1.90. The van der Waals surface area contributed by atoms with Gasteiger partial charge in [-0.25, -0.2) is 0 Å². The molecule has 0 bridgehead atoms. The number of rotatable bonds is 28. The molecule has 16 unspecified atom stereocenters. The number of amides is 9. The van der Waals surface area contributed by atoms with E-state index < -0.39 is 183 Å². The zero-order chi connectivity index (χ0) is 53.2. The third-order valence-electron chi connectivity index (χ3n) is 11.0. The topological polar surface area (TPSA) is 491 Å². The Kier molecular flexibility index (Phi) is 24.9. The van der Waals surface area contributed by atoms with Crippen molar-refractivity contribution in [2.24, 2.45) is 17.2 Å². The number of carboxylic acid groups (broad SMARTS) is 1. The Morgan fingerprint density at radius 3 is 1.81 bits per heavy atom. The lowest BCUT2D eigenvalue weighted by Crippen LogP contribution is -2.70. The lowest BCUT2D eigenvalue weighted by atomic mass is 9.94. The third kappa shape index (κ3) is 18.9. The number of aliphatic hydroxyl groups excluding tert-OH is 5. The van der Waals surface area contributed by atoms with Gasteiger partial charge in [-0.15, -0.1) is 0 Å². The maximum atomic E-state index is 13.5. The Balaban J connectivity index is 2.16. The molecule has 0 saturated carbocycles. The van der Waals surface area contributed by atoms with Gasteiger partial charge in [-0.2, -0.15) is 0 Å². The number of nitrogens with one attached hydrogen (secondary N) is 7. The predicted molar refractivity (Wildman–Crippen MR) is 234 cm³/mol. The maximum absolute atomic E-state index is 13.5. The Bertz CT molecular complexity index is 1850. The average molecular weight is 1010 g/mol. The van der Waals surface area contributed by atoms with E-state index in [1.165, 1.54) is 20.8 Å². The summed E-state index contributed by atoms with van der Waals surface area (Å²) in [7, 11) is 0. The Labute approximate surface area is 401 Å². The summed E-state index contributed by atoms with van der Waals surface area (Å²) >= 11 is 0. The van der Waals surface area contributed by atoms with Crippen LogP contribution in [0.15, 0.2) is 0 Å². The van der Waals surface area contributed by atoms with E-state index in [9.17, 15) is 78.6 Å². The van der Waals surface area contributed by atoms with Crippen LogP contribution < -0.4 is 54.4 Å². The molecule has 30 nitrogen and oxygen atoms in total. The highest BCUT2D eigenvalue weighted by atomic mass is 16.7. The average Bonchev–Trinajstić information content (AvgIpc) is 3.27. The van der Waals surface area contributed by atoms with Gasteiger partial charge in [0.05, 0.1) is 25.7 Å². The van der Waals surface area contributed by atoms with Gasteiger partial charge in [0.25, 0.3) is 0 Å². The molecule has 2 aliphatic heterocycles. The number of hydrogen-bond acceptors (Lipinski definition) is 20. The van der Waals surface area contributed by atoms with E-state index in [4.69, 9.17) is 36.1 Å². The number of primary amides is 2. The van der Waals surface area contributed by atoms with Crippen LogP contribution in [0.1, 0.15) is 73.1 Å². The van der Waals surface area contributed by atoms with Gasteiger partial charge < -0.3 is 104 Å². The highest BCUT2D eigenvalue weighted by molar-refractivity contribution is 5.93. The minimum absolute atomic E-state index is 0.0389. The Hall–Kier alpha value is -5.70. The smallest absolute Gasteiger partial charge is 0.325 e. The van der Waals surface area contributed by atoms with Crippen LogP contribution in [0.3, 0.4) is 0 Å². The number of hydrogen-bond donors (Lipinski definition) is 16. The first-order valence-corrected chi connectivity index (χ1v) is 22.2. The van der Waals surface area contributed by atoms with Gasteiger partial charge in [0, 0.05) is 26.8 Å². The molecular weight excluding hydrogens is 940 g/mol. The first kappa shape index (κ1) is 60.4. The van der Waals surface area contributed by atoms with Crippen LogP contribution in [-0.2, 0) is 66.9 Å². The van der Waals surface area contributed by atoms with Gasteiger partial charge in [0.15, 0.2) is 12.6 Å². The van der Waals surface area contributed by atoms with E-state index in [0.29, 0.717) is 0 Å². The standard InChI is InChI=1S/C40H68N10O20/c1-15(35(61)50-21(34(43)60)9-10-25(55)49-22(37(63)46-16(2)38(64)65)8-6-7-11-44-26(56)12-20(41)33(42)59)45-36(62)17(3)67-32-28(48-19(5)54)39(66)68-24(14-52)31(32)70-40-27(47-18(4)53)30(58)29(57)23(13-51)69-40/h15-17,20-24,27-32,39-40,51-52,57-58,66H,6-14,41H2,1-5H3,(H2,42,59)(H2,43,60)(H,44,56)(H,45,62)(H,46,63)(H,47,53)(H,48,54)(H,49,55)(H,50,61)(H,64,65). The number of carboxylic acids is 1. The molecule has 2 aliphatic rings. The van der Waals surface area contributed by atoms with E-state index in [1.54, 1.807) is 0 Å². The number of ether oxygens (including phenoxy) is 4. The lowest BCUT2D eigenvalue weighted by Gasteiger charge is -2.48. The Morgan fingerprint density at radius 1 is 0.657 bits per heavy atom. The fraction of sp³-hybridized carbons (Fsp3) is 0.750. The van der Waals surface area contributed by atoms with Crippen LogP contribution in [0.2, 0.25) is 0 Å². The molecule has 398 valence electrons. The molecule has 30 heteroatoms. The third-order valence-corrected chi connectivity index (χ3v) is 11.0. The van der Waals surface area contributed by atoms with Gasteiger partial charge in [0.2, 0.25) is 53.2 Å². The zero-order valence-corrected chi connectivity index (χ0v) is 39.2. The van der Waals surface area contributed by atoms with Crippen molar-refractivity contribution in [3.8, 4) is 0 Å². The molecule has 0 radical (unpaired) electrons. The lowest BCUT2D eigenvalue weighted by molar-refractivity contribution is -0.333. The van der Waals surface area contributed by atoms with Gasteiger partial charge in [-0.05, 0) is 46.5 Å². The fourth-order valence-corrected chi connectivity index (χ4v) is 7.06. The summed E-state index contributed by atoms with van der Waals surface area (Å²) in [6, 6.07) is -9.82.